The molecular formula is C17H21Cl2N3O3. The van der Waals surface area contributed by atoms with Gasteiger partial charge in [0.2, 0.25) is 5.91 Å². The molecule has 0 radical (unpaired) electrons. The van der Waals surface area contributed by atoms with Crippen LogP contribution in [0.25, 0.3) is 0 Å². The molecule has 136 valence electrons. The van der Waals surface area contributed by atoms with E-state index < -0.39 is 17.5 Å². The van der Waals surface area contributed by atoms with Crippen LogP contribution in [0, 0.1) is 0 Å². The molecule has 1 saturated heterocycles. The van der Waals surface area contributed by atoms with E-state index in [1.165, 1.54) is 0 Å². The predicted molar refractivity (Wildman–Crippen MR) is 97.9 cm³/mol. The smallest absolute Gasteiger partial charge is 0.323 e. The predicted octanol–water partition coefficient (Wildman–Crippen LogP) is 3.82. The van der Waals surface area contributed by atoms with Crippen molar-refractivity contribution in [2.75, 3.05) is 11.9 Å². The van der Waals surface area contributed by atoms with Gasteiger partial charge in [0.1, 0.15) is 12.1 Å². The van der Waals surface area contributed by atoms with Crippen LogP contribution in [0.1, 0.15) is 39.5 Å². The second-order valence-corrected chi connectivity index (χ2v) is 6.86. The third-order valence-corrected chi connectivity index (χ3v) is 4.76. The average Bonchev–Trinajstić information content (AvgIpc) is 2.76. The van der Waals surface area contributed by atoms with Crippen molar-refractivity contribution in [1.82, 2.24) is 10.2 Å². The molecule has 0 saturated carbocycles. The number of nitrogens with zero attached hydrogens (tertiary/aromatic N) is 1. The van der Waals surface area contributed by atoms with E-state index in [9.17, 15) is 14.4 Å². The van der Waals surface area contributed by atoms with Gasteiger partial charge in [0.25, 0.3) is 5.91 Å². The molecular weight excluding hydrogens is 365 g/mol. The van der Waals surface area contributed by atoms with Crippen molar-refractivity contribution in [1.29, 1.82) is 0 Å². The summed E-state index contributed by atoms with van der Waals surface area (Å²) >= 11 is 12.0. The fourth-order valence-corrected chi connectivity index (χ4v) is 3.57. The number of imide groups is 1. The minimum Gasteiger partial charge on any atom is -0.323 e. The van der Waals surface area contributed by atoms with Gasteiger partial charge < -0.3 is 10.6 Å². The summed E-state index contributed by atoms with van der Waals surface area (Å²) in [4.78, 5) is 38.2. The first-order valence-electron chi connectivity index (χ1n) is 8.22. The van der Waals surface area contributed by atoms with Gasteiger partial charge in [-0.1, -0.05) is 56.0 Å². The maximum atomic E-state index is 12.8. The van der Waals surface area contributed by atoms with E-state index in [-0.39, 0.29) is 28.2 Å². The summed E-state index contributed by atoms with van der Waals surface area (Å²) in [6, 6.07) is 4.28. The highest BCUT2D eigenvalue weighted by Crippen LogP contribution is 2.31. The molecule has 1 aliphatic heterocycles. The van der Waals surface area contributed by atoms with Crippen molar-refractivity contribution in [3.05, 3.63) is 28.2 Å². The Balaban J connectivity index is 2.13. The number of amides is 4. The molecule has 1 fully saturated rings. The fraction of sp³-hybridized carbons (Fsp3) is 0.471. The Morgan fingerprint density at radius 3 is 2.24 bits per heavy atom. The second-order valence-electron chi connectivity index (χ2n) is 6.05. The average molecular weight is 386 g/mol. The molecule has 4 amide bonds. The molecule has 0 aliphatic carbocycles. The van der Waals surface area contributed by atoms with Crippen LogP contribution in [0.3, 0.4) is 0 Å². The molecule has 0 bridgehead atoms. The van der Waals surface area contributed by atoms with Gasteiger partial charge >= 0.3 is 6.03 Å². The van der Waals surface area contributed by atoms with Crippen molar-refractivity contribution in [3.8, 4) is 0 Å². The van der Waals surface area contributed by atoms with Gasteiger partial charge in [0.05, 0.1) is 15.7 Å². The van der Waals surface area contributed by atoms with E-state index in [0.29, 0.717) is 12.8 Å². The number of carbonyl (C=O) groups is 3. The summed E-state index contributed by atoms with van der Waals surface area (Å²) in [5, 5.41) is 5.89. The second kappa shape index (κ2) is 8.06. The normalized spacial score (nSPS) is 16.1. The number of rotatable bonds is 7. The lowest BCUT2D eigenvalue weighted by molar-refractivity contribution is -0.134. The highest BCUT2D eigenvalue weighted by atomic mass is 35.5. The van der Waals surface area contributed by atoms with Crippen LogP contribution in [0.15, 0.2) is 18.2 Å². The molecule has 6 nitrogen and oxygen atoms in total. The topological polar surface area (TPSA) is 78.5 Å². The molecule has 0 aromatic heterocycles. The van der Waals surface area contributed by atoms with Gasteiger partial charge in [-0.25, -0.2) is 4.79 Å². The van der Waals surface area contributed by atoms with Crippen LogP contribution in [-0.2, 0) is 9.59 Å². The molecule has 2 rings (SSSR count). The summed E-state index contributed by atoms with van der Waals surface area (Å²) in [7, 11) is 0. The van der Waals surface area contributed by atoms with Crippen molar-refractivity contribution < 1.29 is 14.4 Å². The van der Waals surface area contributed by atoms with Crippen molar-refractivity contribution in [2.45, 2.75) is 45.1 Å². The van der Waals surface area contributed by atoms with Crippen LogP contribution in [0.5, 0.6) is 0 Å². The molecule has 1 aromatic carbocycles. The van der Waals surface area contributed by atoms with E-state index in [0.717, 1.165) is 17.7 Å². The molecule has 1 aliphatic rings. The summed E-state index contributed by atoms with van der Waals surface area (Å²) in [6.07, 6.45) is 2.59. The first kappa shape index (κ1) is 19.5. The highest BCUT2D eigenvalue weighted by molar-refractivity contribution is 6.39. The number of urea groups is 1. The summed E-state index contributed by atoms with van der Waals surface area (Å²) in [6.45, 7) is 3.51. The molecule has 25 heavy (non-hydrogen) atoms. The first-order chi connectivity index (χ1) is 11.8. The standard InChI is InChI=1S/C17H21Cl2N3O3/c1-3-8-17(9-4-2)15(24)22(16(25)21-17)10-13(23)20-14-11(18)6-5-7-12(14)19/h5-7H,3-4,8-10H2,1-2H3,(H,20,23)(H,21,25). The van der Waals surface area contributed by atoms with Gasteiger partial charge in [-0.15, -0.1) is 0 Å². The Hall–Kier alpha value is -1.79. The zero-order chi connectivity index (χ0) is 18.6. The maximum Gasteiger partial charge on any atom is 0.325 e. The van der Waals surface area contributed by atoms with Crippen LogP contribution in [-0.4, -0.2) is 34.8 Å². The maximum absolute atomic E-state index is 12.8. The Morgan fingerprint density at radius 1 is 1.16 bits per heavy atom. The van der Waals surface area contributed by atoms with Gasteiger partial charge in [-0.05, 0) is 25.0 Å². The quantitative estimate of drug-likeness (QED) is 0.700. The molecule has 0 unspecified atom stereocenters. The van der Waals surface area contributed by atoms with E-state index in [4.69, 9.17) is 23.2 Å². The Bertz CT molecular complexity index is 667. The van der Waals surface area contributed by atoms with Crippen molar-refractivity contribution in [3.63, 3.8) is 0 Å². The largest absolute Gasteiger partial charge is 0.325 e. The Morgan fingerprint density at radius 2 is 1.72 bits per heavy atom. The van der Waals surface area contributed by atoms with Gasteiger partial charge in [0.15, 0.2) is 0 Å². The number of hydrogen-bond acceptors (Lipinski definition) is 3. The van der Waals surface area contributed by atoms with Crippen LogP contribution in [0.2, 0.25) is 10.0 Å². The first-order valence-corrected chi connectivity index (χ1v) is 8.98. The lowest BCUT2D eigenvalue weighted by Crippen LogP contribution is -2.47. The number of halogens is 2. The van der Waals surface area contributed by atoms with E-state index in [2.05, 4.69) is 10.6 Å². The summed E-state index contributed by atoms with van der Waals surface area (Å²) in [5.41, 5.74) is -0.653. The summed E-state index contributed by atoms with van der Waals surface area (Å²) < 4.78 is 0. The van der Waals surface area contributed by atoms with E-state index in [1.807, 2.05) is 13.8 Å². The Kier molecular flexibility index (Phi) is 6.30. The zero-order valence-corrected chi connectivity index (χ0v) is 15.7. The number of carbonyl (C=O) groups excluding carboxylic acids is 3. The SMILES string of the molecule is CCCC1(CCC)NC(=O)N(CC(=O)Nc2c(Cl)cccc2Cl)C1=O. The lowest BCUT2D eigenvalue weighted by atomic mass is 9.88. The number of para-hydroxylation sites is 1. The van der Waals surface area contributed by atoms with Crippen LogP contribution >= 0.6 is 23.2 Å². The highest BCUT2D eigenvalue weighted by Gasteiger charge is 2.50. The monoisotopic (exact) mass is 385 g/mol. The van der Waals surface area contributed by atoms with E-state index in [1.54, 1.807) is 18.2 Å². The lowest BCUT2D eigenvalue weighted by Gasteiger charge is -2.25. The molecule has 0 atom stereocenters. The molecule has 8 heteroatoms. The third kappa shape index (κ3) is 4.07. The minimum atomic E-state index is -0.914. The fourth-order valence-electron chi connectivity index (χ4n) is 3.08. The van der Waals surface area contributed by atoms with Crippen LogP contribution in [0.4, 0.5) is 10.5 Å². The van der Waals surface area contributed by atoms with Crippen molar-refractivity contribution >= 4 is 46.7 Å². The molecule has 2 N–H and O–H groups in total. The van der Waals surface area contributed by atoms with E-state index >= 15 is 0 Å². The van der Waals surface area contributed by atoms with Gasteiger partial charge in [0, 0.05) is 0 Å². The molecule has 1 aromatic rings. The molecule has 1 heterocycles. The number of anilines is 1. The van der Waals surface area contributed by atoms with Gasteiger partial charge in [-0.3, -0.25) is 14.5 Å². The number of benzene rings is 1. The number of hydrogen-bond donors (Lipinski definition) is 2. The number of nitrogens with one attached hydrogen (secondary N) is 2. The van der Waals surface area contributed by atoms with Crippen LogP contribution < -0.4 is 10.6 Å². The van der Waals surface area contributed by atoms with Gasteiger partial charge in [-0.2, -0.15) is 0 Å². The Labute approximate surface area is 156 Å². The third-order valence-electron chi connectivity index (χ3n) is 4.13. The molecule has 0 spiro atoms. The summed E-state index contributed by atoms with van der Waals surface area (Å²) in [5.74, 6) is -0.899. The minimum absolute atomic E-state index is 0.260. The van der Waals surface area contributed by atoms with Crippen molar-refractivity contribution in [2.24, 2.45) is 0 Å². The zero-order valence-electron chi connectivity index (χ0n) is 14.2.